The quantitative estimate of drug-likeness (QED) is 0.476. The number of carbonyl (C=O) groups excluding carboxylic acids is 2. The van der Waals surface area contributed by atoms with Crippen LogP contribution in [0.5, 0.6) is 0 Å². The smallest absolute Gasteiger partial charge is 0.329 e. The van der Waals surface area contributed by atoms with Gasteiger partial charge in [0.2, 0.25) is 0 Å². The fraction of sp³-hybridized carbons (Fsp3) is 0.533. The summed E-state index contributed by atoms with van der Waals surface area (Å²) in [6.45, 7) is 6.31. The fourth-order valence-electron chi connectivity index (χ4n) is 1.80. The highest BCUT2D eigenvalue weighted by molar-refractivity contribution is 5.81. The van der Waals surface area contributed by atoms with Crippen molar-refractivity contribution >= 4 is 17.9 Å². The van der Waals surface area contributed by atoms with Crippen LogP contribution in [0.2, 0.25) is 0 Å². The van der Waals surface area contributed by atoms with Crippen LogP contribution in [0, 0.1) is 5.92 Å². The van der Waals surface area contributed by atoms with Crippen molar-refractivity contribution in [3.05, 3.63) is 25.3 Å². The second kappa shape index (κ2) is 10.6. The first-order chi connectivity index (χ1) is 10.4. The average molecular weight is 314 g/mol. The van der Waals surface area contributed by atoms with Crippen LogP contribution in [0.25, 0.3) is 0 Å². The van der Waals surface area contributed by atoms with E-state index in [1.54, 1.807) is 0 Å². The number of carbonyl (C=O) groups is 3. The molecule has 0 bridgehead atoms. The minimum Gasteiger partial charge on any atom is -0.481 e. The zero-order chi connectivity index (χ0) is 17.1. The van der Waals surface area contributed by atoms with Crippen molar-refractivity contribution in [2.24, 2.45) is 5.92 Å². The van der Waals surface area contributed by atoms with Crippen molar-refractivity contribution in [3.63, 3.8) is 0 Å². The molecule has 2 aliphatic rings. The van der Waals surface area contributed by atoms with Crippen LogP contribution in [0.3, 0.4) is 0 Å². The standard InChI is InChI=1S/C7H10O3.2C4H6O2/c8-7(9)4-1-2-5-6(3-4)10-5;2*1-3-4(5)6-2/h4-6H,1-3H2,(H,8,9);2*3H,1H2,2H3. The summed E-state index contributed by atoms with van der Waals surface area (Å²) in [7, 11) is 2.62. The molecule has 1 saturated carbocycles. The van der Waals surface area contributed by atoms with Crippen molar-refractivity contribution in [3.8, 4) is 0 Å². The topological polar surface area (TPSA) is 102 Å². The Morgan fingerprint density at radius 1 is 1.05 bits per heavy atom. The highest BCUT2D eigenvalue weighted by Crippen LogP contribution is 2.39. The lowest BCUT2D eigenvalue weighted by Crippen LogP contribution is -2.21. The number of esters is 2. The minimum absolute atomic E-state index is 0.135. The Morgan fingerprint density at radius 2 is 1.55 bits per heavy atom. The van der Waals surface area contributed by atoms with E-state index in [4.69, 9.17) is 9.84 Å². The molecule has 1 aliphatic carbocycles. The maximum absolute atomic E-state index is 10.5. The Hall–Kier alpha value is -2.15. The van der Waals surface area contributed by atoms with Gasteiger partial charge in [-0.3, -0.25) is 4.79 Å². The summed E-state index contributed by atoms with van der Waals surface area (Å²) in [4.78, 5) is 30.1. The van der Waals surface area contributed by atoms with Crippen molar-refractivity contribution in [1.82, 2.24) is 0 Å². The monoisotopic (exact) mass is 314 g/mol. The molecule has 0 aromatic rings. The molecule has 1 aliphatic heterocycles. The lowest BCUT2D eigenvalue weighted by atomic mass is 9.90. The number of hydrogen-bond acceptors (Lipinski definition) is 6. The van der Waals surface area contributed by atoms with Gasteiger partial charge >= 0.3 is 17.9 Å². The first kappa shape index (κ1) is 19.9. The molecule has 0 amide bonds. The summed E-state index contributed by atoms with van der Waals surface area (Å²) in [5.41, 5.74) is 0. The Balaban J connectivity index is 0.000000324. The molecule has 3 atom stereocenters. The molecular weight excluding hydrogens is 292 g/mol. The number of rotatable bonds is 3. The van der Waals surface area contributed by atoms with E-state index in [9.17, 15) is 14.4 Å². The lowest BCUT2D eigenvalue weighted by Gasteiger charge is -2.12. The van der Waals surface area contributed by atoms with E-state index in [1.165, 1.54) is 14.2 Å². The summed E-state index contributed by atoms with van der Waals surface area (Å²) < 4.78 is 13.5. The molecule has 0 aromatic carbocycles. The van der Waals surface area contributed by atoms with Gasteiger partial charge in [0, 0.05) is 12.2 Å². The number of fused-ring (bicyclic) bond motifs is 1. The molecule has 7 heteroatoms. The van der Waals surface area contributed by atoms with Crippen LogP contribution in [0.4, 0.5) is 0 Å². The van der Waals surface area contributed by atoms with E-state index in [0.29, 0.717) is 6.10 Å². The molecule has 2 fully saturated rings. The minimum atomic E-state index is -0.658. The summed E-state index contributed by atoms with van der Waals surface area (Å²) in [5, 5.41) is 8.62. The molecular formula is C15H22O7. The predicted molar refractivity (Wildman–Crippen MR) is 78.1 cm³/mol. The number of epoxide rings is 1. The molecule has 1 heterocycles. The first-order valence-corrected chi connectivity index (χ1v) is 6.68. The van der Waals surface area contributed by atoms with Gasteiger partial charge in [-0.1, -0.05) is 13.2 Å². The number of hydrogen-bond donors (Lipinski definition) is 1. The van der Waals surface area contributed by atoms with Gasteiger partial charge in [-0.15, -0.1) is 0 Å². The second-order valence-electron chi connectivity index (χ2n) is 4.52. The van der Waals surface area contributed by atoms with Crippen LogP contribution in [-0.2, 0) is 28.6 Å². The normalized spacial score (nSPS) is 23.8. The largest absolute Gasteiger partial charge is 0.481 e. The van der Waals surface area contributed by atoms with E-state index in [-0.39, 0.29) is 12.0 Å². The predicted octanol–water partition coefficient (Wildman–Crippen LogP) is 1.33. The zero-order valence-electron chi connectivity index (χ0n) is 12.8. The molecule has 1 saturated heterocycles. The third kappa shape index (κ3) is 8.21. The van der Waals surface area contributed by atoms with Crippen molar-refractivity contribution < 1.29 is 33.7 Å². The number of aliphatic carboxylic acids is 1. The Bertz CT molecular complexity index is 396. The molecule has 0 spiro atoms. The molecule has 124 valence electrons. The average Bonchev–Trinajstić information content (AvgIpc) is 3.32. The van der Waals surface area contributed by atoms with Crippen LogP contribution in [0.1, 0.15) is 19.3 Å². The molecule has 22 heavy (non-hydrogen) atoms. The molecule has 0 aromatic heterocycles. The van der Waals surface area contributed by atoms with E-state index in [1.807, 2.05) is 0 Å². The van der Waals surface area contributed by atoms with Gasteiger partial charge in [0.05, 0.1) is 32.3 Å². The van der Waals surface area contributed by atoms with Crippen molar-refractivity contribution in [2.75, 3.05) is 14.2 Å². The maximum Gasteiger partial charge on any atom is 0.329 e. The van der Waals surface area contributed by atoms with Crippen LogP contribution >= 0.6 is 0 Å². The molecule has 7 nitrogen and oxygen atoms in total. The molecule has 1 N–H and O–H groups in total. The third-order valence-electron chi connectivity index (χ3n) is 3.09. The van der Waals surface area contributed by atoms with Gasteiger partial charge in [-0.2, -0.15) is 0 Å². The van der Waals surface area contributed by atoms with E-state index in [0.717, 1.165) is 31.4 Å². The van der Waals surface area contributed by atoms with Gasteiger partial charge < -0.3 is 19.3 Å². The second-order valence-corrected chi connectivity index (χ2v) is 4.52. The number of carboxylic acids is 1. The fourth-order valence-corrected chi connectivity index (χ4v) is 1.80. The Labute approximate surface area is 129 Å². The van der Waals surface area contributed by atoms with Crippen LogP contribution in [0.15, 0.2) is 25.3 Å². The van der Waals surface area contributed by atoms with Crippen LogP contribution in [-0.4, -0.2) is 49.4 Å². The highest BCUT2D eigenvalue weighted by Gasteiger charge is 2.45. The molecule has 2 rings (SSSR count). The third-order valence-corrected chi connectivity index (χ3v) is 3.09. The lowest BCUT2D eigenvalue weighted by molar-refractivity contribution is -0.142. The number of methoxy groups -OCH3 is 2. The van der Waals surface area contributed by atoms with Gasteiger partial charge in [-0.25, -0.2) is 9.59 Å². The number of carboxylic acid groups (broad SMARTS) is 1. The summed E-state index contributed by atoms with van der Waals surface area (Å²) in [6.07, 6.45) is 5.41. The summed E-state index contributed by atoms with van der Waals surface area (Å²) in [5.74, 6) is -1.58. The summed E-state index contributed by atoms with van der Waals surface area (Å²) in [6, 6.07) is 0. The maximum atomic E-state index is 10.5. The summed E-state index contributed by atoms with van der Waals surface area (Å²) >= 11 is 0. The Morgan fingerprint density at radius 3 is 1.82 bits per heavy atom. The van der Waals surface area contributed by atoms with E-state index < -0.39 is 17.9 Å². The van der Waals surface area contributed by atoms with Gasteiger partial charge in [-0.05, 0) is 19.3 Å². The zero-order valence-corrected chi connectivity index (χ0v) is 12.8. The van der Waals surface area contributed by atoms with Gasteiger partial charge in [0.25, 0.3) is 0 Å². The van der Waals surface area contributed by atoms with E-state index in [2.05, 4.69) is 22.6 Å². The molecule has 3 unspecified atom stereocenters. The van der Waals surface area contributed by atoms with Crippen molar-refractivity contribution in [2.45, 2.75) is 31.5 Å². The number of ether oxygens (including phenoxy) is 3. The van der Waals surface area contributed by atoms with E-state index >= 15 is 0 Å². The van der Waals surface area contributed by atoms with Crippen LogP contribution < -0.4 is 0 Å². The SMILES string of the molecule is C=CC(=O)OC.C=CC(=O)OC.O=C(O)C1CCC2OC2C1. The highest BCUT2D eigenvalue weighted by atomic mass is 16.6. The molecule has 0 radical (unpaired) electrons. The Kier molecular flexibility index (Phi) is 9.53. The van der Waals surface area contributed by atoms with Gasteiger partial charge in [0.15, 0.2) is 0 Å². The first-order valence-electron chi connectivity index (χ1n) is 6.68. The van der Waals surface area contributed by atoms with Gasteiger partial charge in [0.1, 0.15) is 0 Å². The van der Waals surface area contributed by atoms with Crippen molar-refractivity contribution in [1.29, 1.82) is 0 Å².